The van der Waals surface area contributed by atoms with Gasteiger partial charge in [0.2, 0.25) is 0 Å². The summed E-state index contributed by atoms with van der Waals surface area (Å²) in [5.74, 6) is 2.37. The molecule has 0 amide bonds. The van der Waals surface area contributed by atoms with E-state index in [0.717, 1.165) is 48.4 Å². The minimum Gasteiger partial charge on any atom is -0.378 e. The van der Waals surface area contributed by atoms with E-state index in [1.54, 1.807) is 167 Å². The van der Waals surface area contributed by atoms with Gasteiger partial charge in [-0.15, -0.1) is 0 Å². The van der Waals surface area contributed by atoms with Crippen LogP contribution in [0, 0.1) is 0 Å². The molecule has 12 atom stereocenters. The highest BCUT2D eigenvalue weighted by molar-refractivity contribution is 6.69. The first-order valence-corrected chi connectivity index (χ1v) is 33.5. The van der Waals surface area contributed by atoms with E-state index in [1.165, 1.54) is 13.1 Å². The zero-order valence-corrected chi connectivity index (χ0v) is 47.5. The molecule has 402 valence electrons. The molecular weight excluding hydrogens is 1060 g/mol. The molecule has 8 nitrogen and oxygen atoms in total. The zero-order chi connectivity index (χ0) is 53.5. The Morgan fingerprint density at radius 2 is 0.698 bits per heavy atom. The van der Waals surface area contributed by atoms with Gasteiger partial charge in [0.25, 0.3) is 0 Å². The largest absolute Gasteiger partial charge is 0.378 e. The van der Waals surface area contributed by atoms with E-state index in [9.17, 15) is 0 Å². The quantitative estimate of drug-likeness (QED) is 0.0569. The van der Waals surface area contributed by atoms with Crippen LogP contribution in [0.1, 0.15) is 113 Å². The molecule has 4 spiro atoms. The Morgan fingerprint density at radius 1 is 0.314 bits per heavy atom. The summed E-state index contributed by atoms with van der Waals surface area (Å²) in [6.07, 6.45) is 0. The Balaban J connectivity index is 0.870. The molecule has 34 rings (SSSR count). The van der Waals surface area contributed by atoms with Crippen molar-refractivity contribution in [1.82, 2.24) is 0 Å². The second-order valence-corrected chi connectivity index (χ2v) is 33.1. The maximum atomic E-state index is 6.74. The summed E-state index contributed by atoms with van der Waals surface area (Å²) in [5.41, 5.74) is 43.1. The maximum Gasteiger partial charge on any atom is 0.102 e. The summed E-state index contributed by atoms with van der Waals surface area (Å²) in [6, 6.07) is 0. The molecule has 0 bridgehead atoms. The van der Waals surface area contributed by atoms with Crippen LogP contribution in [0.25, 0.3) is 189 Å². The van der Waals surface area contributed by atoms with Crippen molar-refractivity contribution in [2.75, 3.05) is 119 Å². The van der Waals surface area contributed by atoms with Crippen LogP contribution in [0.3, 0.4) is 0 Å². The van der Waals surface area contributed by atoms with Crippen LogP contribution in [-0.2, 0) is 40.6 Å². The minimum absolute atomic E-state index is 0.0429. The first kappa shape index (κ1) is 39.2. The second-order valence-electron chi connectivity index (χ2n) is 33.1. The van der Waals surface area contributed by atoms with Crippen molar-refractivity contribution >= 4 is 178 Å². The minimum atomic E-state index is -0.182. The van der Waals surface area contributed by atoms with E-state index in [-0.39, 0.29) is 21.7 Å². The maximum absolute atomic E-state index is 6.74. The van der Waals surface area contributed by atoms with Gasteiger partial charge in [-0.3, -0.25) is 0 Å². The number of rotatable bonds is 16. The van der Waals surface area contributed by atoms with Gasteiger partial charge in [0.1, 0.15) is 13.1 Å². The number of hydrogen-bond donors (Lipinski definition) is 2. The molecular formula is C78H48N4O4+2. The summed E-state index contributed by atoms with van der Waals surface area (Å²) in [7, 11) is 5.47. The van der Waals surface area contributed by atoms with Gasteiger partial charge in [0.15, 0.2) is 0 Å². The predicted octanol–water partition coefficient (Wildman–Crippen LogP) is 11.3. The van der Waals surface area contributed by atoms with Crippen molar-refractivity contribution in [3.63, 3.8) is 0 Å². The number of quaternary nitrogens is 2. The summed E-state index contributed by atoms with van der Waals surface area (Å²) in [5, 5.41) is 57.9. The molecule has 86 heavy (non-hydrogen) atoms. The summed E-state index contributed by atoms with van der Waals surface area (Å²) in [4.78, 5) is 0. The van der Waals surface area contributed by atoms with Crippen molar-refractivity contribution in [3.8, 4) is 11.1 Å². The predicted molar refractivity (Wildman–Crippen MR) is 339 cm³/mol. The Hall–Kier alpha value is -6.82. The zero-order valence-electron chi connectivity index (χ0n) is 47.5. The fraction of sp³-hybridized carbons (Fsp3) is 0.359. The van der Waals surface area contributed by atoms with Gasteiger partial charge in [-0.25, -0.2) is 0 Å². The average Bonchev–Trinajstić information content (AvgIpc) is 1.38. The summed E-state index contributed by atoms with van der Waals surface area (Å²) >= 11 is 0. The van der Waals surface area contributed by atoms with Crippen LogP contribution in [0.4, 0.5) is 0 Å². The number of nitrogens with two attached hydrogens (primary N) is 2. The molecule has 17 aromatic carbocycles. The molecule has 17 aromatic rings. The molecule has 2 fully saturated rings. The number of nitrogens with zero attached hydrogens (tertiary/aromatic N) is 2. The van der Waals surface area contributed by atoms with Crippen molar-refractivity contribution in [1.29, 1.82) is 0 Å². The fourth-order valence-electron chi connectivity index (χ4n) is 32.0. The third kappa shape index (κ3) is 2.50. The fourth-order valence-corrected chi connectivity index (χ4v) is 32.0. The first-order valence-electron chi connectivity index (χ1n) is 33.5. The Kier molecular flexibility index (Phi) is 4.49. The number of ether oxygens (including phenoxy) is 4. The number of benzene rings is 12. The SMILES string of the molecule is C[N+]1(CCOCCOCCN)CC23C4=c5c6c7c8c9c%10c%11c%12c%13c9c9c%14c%15c%16c%17c%18c%19c%20c%21c%22c%23c%24c(c-%11c(c2c%24c2c%11c%24c%25c(c5c5c6c(c8%14)c%15c6c%17c(c%25c56)c5c%18c%21c(c%232)c%245)C%113C1)C4C%107)C%12C%22C%201C[N+](C)(CCOCCOCCN)CC%131C9C%19%16. The molecule has 2 aliphatic heterocycles. The van der Waals surface area contributed by atoms with Crippen molar-refractivity contribution in [2.24, 2.45) is 11.5 Å². The molecule has 8 heteroatoms. The van der Waals surface area contributed by atoms with Gasteiger partial charge in [0.05, 0.1) is 115 Å². The van der Waals surface area contributed by atoms with Crippen LogP contribution in [-0.4, -0.2) is 128 Å². The number of likely N-dealkylation sites (tertiary alicyclic amines) is 2. The third-order valence-electron chi connectivity index (χ3n) is 31.8. The van der Waals surface area contributed by atoms with E-state index < -0.39 is 0 Å². The lowest BCUT2D eigenvalue weighted by atomic mass is 9.40. The van der Waals surface area contributed by atoms with Crippen LogP contribution >= 0.6 is 0 Å². The lowest BCUT2D eigenvalue weighted by Gasteiger charge is -2.58. The van der Waals surface area contributed by atoms with E-state index in [2.05, 4.69) is 14.1 Å². The van der Waals surface area contributed by atoms with Crippen molar-refractivity contribution in [3.05, 3.63) is 83.1 Å². The van der Waals surface area contributed by atoms with Crippen LogP contribution in [0.15, 0.2) is 0 Å². The molecule has 4 N–H and O–H groups in total. The molecule has 0 radical (unpaired) electrons. The Bertz CT molecular complexity index is 6910. The van der Waals surface area contributed by atoms with Crippen molar-refractivity contribution in [2.45, 2.75) is 57.2 Å². The Morgan fingerprint density at radius 3 is 1.33 bits per heavy atom. The van der Waals surface area contributed by atoms with Crippen LogP contribution in [0.5, 0.6) is 0 Å². The second kappa shape index (κ2) is 9.87. The molecule has 2 saturated heterocycles. The van der Waals surface area contributed by atoms with Gasteiger partial charge in [-0.1, -0.05) is 0 Å². The standard InChI is InChI=1S/C78H48N4O4/c1-81(5-9-85-13-11-83-7-3-79)15-75-67-51-35-23-21-19-20-22-24-26-31-41-29(22)39(27(19)35)55(67)57(41)69-59-43(31)34-38(26)54-52-36(24)28(20)40-30(21)42-32-25(23)37-33-44(32)60-64-48-45(33)61(71(75)53(37)51)65-49(48)50-47(63(59)73(65)77(69,75)17-81)46(34)62-66(50)74(64)78-18-82(2,6-10-86-14-12-84-8-4-80)16-76(78,72(54)62)68(52)56(40)58(42)70(60)78/h43,56,59,66,68,74H,3-18,79-80H2,1-2H3/q+2. The normalized spacial score (nSPS) is 35.1. The lowest BCUT2D eigenvalue weighted by molar-refractivity contribution is -0.901. The highest BCUT2D eigenvalue weighted by Crippen LogP contribution is 2.94. The van der Waals surface area contributed by atoms with Gasteiger partial charge in [0, 0.05) is 48.6 Å². The molecule has 15 aliphatic carbocycles. The van der Waals surface area contributed by atoms with E-state index in [1.807, 2.05) is 105 Å². The number of likely N-dealkylation sites (N-methyl/N-ethyl adjacent to an activating group) is 2. The van der Waals surface area contributed by atoms with E-state index >= 15 is 0 Å². The van der Waals surface area contributed by atoms with Gasteiger partial charge in [-0.05, 0) is 272 Å². The van der Waals surface area contributed by atoms with Crippen LogP contribution < -0.4 is 16.7 Å². The lowest BCUT2D eigenvalue weighted by Crippen LogP contribution is -2.60. The molecule has 17 aliphatic rings. The molecule has 12 unspecified atom stereocenters. The topological polar surface area (TPSA) is 89.0 Å². The van der Waals surface area contributed by atoms with Crippen LogP contribution in [0.2, 0.25) is 0 Å². The Labute approximate surface area is 485 Å². The van der Waals surface area contributed by atoms with E-state index in [4.69, 9.17) is 30.4 Å². The third-order valence-corrected chi connectivity index (χ3v) is 31.8. The van der Waals surface area contributed by atoms with Gasteiger partial charge in [-0.2, -0.15) is 0 Å². The van der Waals surface area contributed by atoms with Crippen molar-refractivity contribution < 1.29 is 27.9 Å². The molecule has 0 saturated carbocycles. The van der Waals surface area contributed by atoms with Gasteiger partial charge < -0.3 is 39.4 Å². The highest BCUT2D eigenvalue weighted by atomic mass is 16.5. The summed E-state index contributed by atoms with van der Waals surface area (Å²) in [6.45, 7) is 13.1. The monoisotopic (exact) mass is 1100 g/mol. The average molecular weight is 1110 g/mol. The van der Waals surface area contributed by atoms with E-state index in [0.29, 0.717) is 88.2 Å². The number of hydrogen-bond acceptors (Lipinski definition) is 6. The smallest absolute Gasteiger partial charge is 0.102 e. The molecule has 2 heterocycles. The summed E-state index contributed by atoms with van der Waals surface area (Å²) < 4.78 is 27.4. The van der Waals surface area contributed by atoms with Gasteiger partial charge >= 0.3 is 0 Å². The highest BCUT2D eigenvalue weighted by Gasteiger charge is 2.86. The first-order chi connectivity index (χ1) is 42.4. The molecule has 0 aromatic heterocycles.